The third kappa shape index (κ3) is 1.85. The van der Waals surface area contributed by atoms with Crippen LogP contribution in [0.1, 0.15) is 23.7 Å². The first-order valence-electron chi connectivity index (χ1n) is 6.01. The van der Waals surface area contributed by atoms with Crippen LogP contribution in [0.2, 0.25) is 0 Å². The van der Waals surface area contributed by atoms with Gasteiger partial charge in [0, 0.05) is 30.6 Å². The maximum Gasteiger partial charge on any atom is 0.0994 e. The highest BCUT2D eigenvalue weighted by atomic mass is 15.1. The monoisotopic (exact) mass is 228 g/mol. The number of rotatable bonds is 2. The summed E-state index contributed by atoms with van der Waals surface area (Å²) in [6.45, 7) is 4.18. The maximum absolute atomic E-state index is 4.34. The number of pyridine rings is 1. The molecule has 0 saturated carbocycles. The fourth-order valence-electron chi connectivity index (χ4n) is 2.45. The minimum absolute atomic E-state index is 0.567. The molecule has 0 bridgehead atoms. The summed E-state index contributed by atoms with van der Waals surface area (Å²) in [4.78, 5) is 8.63. The lowest BCUT2D eigenvalue weighted by atomic mass is 10.1. The first-order chi connectivity index (χ1) is 8.36. The van der Waals surface area contributed by atoms with Crippen LogP contribution in [0.25, 0.3) is 5.69 Å². The summed E-state index contributed by atoms with van der Waals surface area (Å²) < 4.78 is 2.17. The van der Waals surface area contributed by atoms with Crippen molar-refractivity contribution in [3.8, 4) is 5.69 Å². The van der Waals surface area contributed by atoms with Gasteiger partial charge in [0.2, 0.25) is 0 Å². The Morgan fingerprint density at radius 3 is 3.18 bits per heavy atom. The summed E-state index contributed by atoms with van der Waals surface area (Å²) in [6, 6.07) is 4.06. The van der Waals surface area contributed by atoms with E-state index in [0.717, 1.165) is 24.5 Å². The van der Waals surface area contributed by atoms with E-state index in [1.54, 1.807) is 0 Å². The highest BCUT2D eigenvalue weighted by molar-refractivity contribution is 5.38. The molecule has 1 atom stereocenters. The molecule has 0 aliphatic carbocycles. The van der Waals surface area contributed by atoms with Crippen molar-refractivity contribution >= 4 is 0 Å². The molecule has 1 unspecified atom stereocenters. The van der Waals surface area contributed by atoms with Gasteiger partial charge in [-0.3, -0.25) is 4.98 Å². The maximum atomic E-state index is 4.34. The summed E-state index contributed by atoms with van der Waals surface area (Å²) in [5.41, 5.74) is 3.45. The molecule has 2 aromatic heterocycles. The number of aryl methyl sites for hydroxylation is 1. The quantitative estimate of drug-likeness (QED) is 0.850. The topological polar surface area (TPSA) is 42.7 Å². The summed E-state index contributed by atoms with van der Waals surface area (Å²) in [6.07, 6.45) is 6.87. The number of hydrogen-bond donors (Lipinski definition) is 1. The second-order valence-electron chi connectivity index (χ2n) is 4.49. The fourth-order valence-corrected chi connectivity index (χ4v) is 2.45. The van der Waals surface area contributed by atoms with Crippen LogP contribution in [0, 0.1) is 6.92 Å². The summed E-state index contributed by atoms with van der Waals surface area (Å²) in [7, 11) is 0. The number of hydrogen-bond acceptors (Lipinski definition) is 3. The highest BCUT2D eigenvalue weighted by Crippen LogP contribution is 2.25. The smallest absolute Gasteiger partial charge is 0.0994 e. The van der Waals surface area contributed by atoms with Crippen LogP contribution in [0.4, 0.5) is 0 Å². The van der Waals surface area contributed by atoms with Gasteiger partial charge in [0.15, 0.2) is 0 Å². The molecule has 3 rings (SSSR count). The van der Waals surface area contributed by atoms with Crippen LogP contribution in [-0.4, -0.2) is 27.6 Å². The molecular weight excluding hydrogens is 212 g/mol. The summed E-state index contributed by atoms with van der Waals surface area (Å²) in [5.74, 6) is 0.567. The Morgan fingerprint density at radius 2 is 2.41 bits per heavy atom. The first kappa shape index (κ1) is 10.5. The number of nitrogens with one attached hydrogen (secondary N) is 1. The van der Waals surface area contributed by atoms with Crippen molar-refractivity contribution < 1.29 is 0 Å². The summed E-state index contributed by atoms with van der Waals surface area (Å²) in [5, 5.41) is 3.40. The molecule has 1 saturated heterocycles. The second kappa shape index (κ2) is 4.30. The van der Waals surface area contributed by atoms with Gasteiger partial charge in [-0.2, -0.15) is 0 Å². The molecule has 0 spiro atoms. The van der Waals surface area contributed by atoms with E-state index in [9.17, 15) is 0 Å². The molecule has 0 amide bonds. The second-order valence-corrected chi connectivity index (χ2v) is 4.49. The van der Waals surface area contributed by atoms with Gasteiger partial charge in [-0.05, 0) is 32.0 Å². The van der Waals surface area contributed by atoms with E-state index >= 15 is 0 Å². The lowest BCUT2D eigenvalue weighted by Gasteiger charge is -2.13. The van der Waals surface area contributed by atoms with Gasteiger partial charge >= 0.3 is 0 Å². The molecule has 3 heterocycles. The molecular formula is C13H16N4. The van der Waals surface area contributed by atoms with Crippen LogP contribution < -0.4 is 5.32 Å². The molecule has 4 nitrogen and oxygen atoms in total. The van der Waals surface area contributed by atoms with E-state index in [0.29, 0.717) is 5.92 Å². The Labute approximate surface area is 101 Å². The van der Waals surface area contributed by atoms with E-state index in [4.69, 9.17) is 0 Å². The van der Waals surface area contributed by atoms with Crippen molar-refractivity contribution in [3.63, 3.8) is 0 Å². The SMILES string of the molecule is Cc1ncccc1-n1cncc1C1CCNC1. The molecule has 1 aliphatic rings. The fraction of sp³-hybridized carbons (Fsp3) is 0.385. The van der Waals surface area contributed by atoms with Crippen molar-refractivity contribution in [1.82, 2.24) is 19.9 Å². The standard InChI is InChI=1S/C13H16N4/c1-10-12(3-2-5-16-10)17-9-15-8-13(17)11-4-6-14-7-11/h2-3,5,8-9,11,14H,4,6-7H2,1H3. The van der Waals surface area contributed by atoms with Crippen LogP contribution >= 0.6 is 0 Å². The van der Waals surface area contributed by atoms with Gasteiger partial charge < -0.3 is 9.88 Å². The molecule has 0 radical (unpaired) electrons. The minimum atomic E-state index is 0.567. The van der Waals surface area contributed by atoms with Crippen molar-refractivity contribution in [3.05, 3.63) is 42.2 Å². The molecule has 17 heavy (non-hydrogen) atoms. The highest BCUT2D eigenvalue weighted by Gasteiger charge is 2.21. The minimum Gasteiger partial charge on any atom is -0.316 e. The molecule has 0 aromatic carbocycles. The number of aromatic nitrogens is 3. The van der Waals surface area contributed by atoms with E-state index in [1.165, 1.54) is 12.1 Å². The van der Waals surface area contributed by atoms with Crippen molar-refractivity contribution in [1.29, 1.82) is 0 Å². The van der Waals surface area contributed by atoms with Gasteiger partial charge in [0.05, 0.1) is 17.7 Å². The van der Waals surface area contributed by atoms with E-state index in [1.807, 2.05) is 31.7 Å². The predicted molar refractivity (Wildman–Crippen MR) is 66.3 cm³/mol. The zero-order chi connectivity index (χ0) is 11.7. The third-order valence-electron chi connectivity index (χ3n) is 3.38. The van der Waals surface area contributed by atoms with E-state index < -0.39 is 0 Å². The lowest BCUT2D eigenvalue weighted by Crippen LogP contribution is -2.11. The molecule has 1 aliphatic heterocycles. The van der Waals surface area contributed by atoms with Crippen LogP contribution in [0.15, 0.2) is 30.9 Å². The van der Waals surface area contributed by atoms with Crippen molar-refractivity contribution in [2.75, 3.05) is 13.1 Å². The van der Waals surface area contributed by atoms with Crippen molar-refractivity contribution in [2.24, 2.45) is 0 Å². The summed E-state index contributed by atoms with van der Waals surface area (Å²) >= 11 is 0. The van der Waals surface area contributed by atoms with Gasteiger partial charge in [0.1, 0.15) is 0 Å². The molecule has 88 valence electrons. The third-order valence-corrected chi connectivity index (χ3v) is 3.38. The average Bonchev–Trinajstić information content (AvgIpc) is 3.00. The normalized spacial score (nSPS) is 19.7. The van der Waals surface area contributed by atoms with Gasteiger partial charge in [-0.1, -0.05) is 0 Å². The van der Waals surface area contributed by atoms with Crippen molar-refractivity contribution in [2.45, 2.75) is 19.3 Å². The molecule has 4 heteroatoms. The Kier molecular flexibility index (Phi) is 2.65. The molecule has 2 aromatic rings. The zero-order valence-corrected chi connectivity index (χ0v) is 9.93. The zero-order valence-electron chi connectivity index (χ0n) is 9.93. The Morgan fingerprint density at radius 1 is 1.47 bits per heavy atom. The average molecular weight is 228 g/mol. The Balaban J connectivity index is 2.04. The van der Waals surface area contributed by atoms with Gasteiger partial charge in [-0.25, -0.2) is 4.98 Å². The van der Waals surface area contributed by atoms with Crippen LogP contribution in [-0.2, 0) is 0 Å². The largest absolute Gasteiger partial charge is 0.316 e. The van der Waals surface area contributed by atoms with E-state index in [2.05, 4.69) is 25.9 Å². The van der Waals surface area contributed by atoms with Crippen LogP contribution in [0.3, 0.4) is 0 Å². The number of imidazole rings is 1. The molecule has 1 N–H and O–H groups in total. The lowest BCUT2D eigenvalue weighted by molar-refractivity contribution is 0.711. The Hall–Kier alpha value is -1.68. The number of nitrogens with zero attached hydrogens (tertiary/aromatic N) is 3. The first-order valence-corrected chi connectivity index (χ1v) is 6.01. The predicted octanol–water partition coefficient (Wildman–Crippen LogP) is 1.65. The molecule has 1 fully saturated rings. The van der Waals surface area contributed by atoms with Crippen LogP contribution in [0.5, 0.6) is 0 Å². The van der Waals surface area contributed by atoms with E-state index in [-0.39, 0.29) is 0 Å². The van der Waals surface area contributed by atoms with Gasteiger partial charge in [0.25, 0.3) is 0 Å². The van der Waals surface area contributed by atoms with Gasteiger partial charge in [-0.15, -0.1) is 0 Å². The Bertz CT molecular complexity index is 512.